The van der Waals surface area contributed by atoms with Gasteiger partial charge in [0.25, 0.3) is 10.0 Å². The Kier molecular flexibility index (Phi) is 3.76. The van der Waals surface area contributed by atoms with Crippen LogP contribution >= 0.6 is 23.2 Å². The van der Waals surface area contributed by atoms with Crippen LogP contribution in [0.15, 0.2) is 45.7 Å². The minimum Gasteiger partial charge on any atom is -0.441 e. The SMILES string of the molecule is Cc1nc2ccc(NS(=O)(=O)c3cc(Cl)cc(Cl)c3)cc2o1. The lowest BCUT2D eigenvalue weighted by Crippen LogP contribution is -2.12. The first-order chi connectivity index (χ1) is 10.3. The predicted octanol–water partition coefficient (Wildman–Crippen LogP) is 4.24. The number of rotatable bonds is 3. The first-order valence-electron chi connectivity index (χ1n) is 6.20. The van der Waals surface area contributed by atoms with E-state index >= 15 is 0 Å². The molecule has 1 heterocycles. The lowest BCUT2D eigenvalue weighted by molar-refractivity contribution is 0.561. The molecule has 0 bridgehead atoms. The molecule has 0 unspecified atom stereocenters. The first-order valence-corrected chi connectivity index (χ1v) is 8.43. The molecular weight excluding hydrogens is 347 g/mol. The molecule has 0 aliphatic rings. The summed E-state index contributed by atoms with van der Waals surface area (Å²) in [6.07, 6.45) is 0. The van der Waals surface area contributed by atoms with Crippen LogP contribution in [-0.4, -0.2) is 13.4 Å². The topological polar surface area (TPSA) is 72.2 Å². The fraction of sp³-hybridized carbons (Fsp3) is 0.0714. The third-order valence-corrected chi connectivity index (χ3v) is 4.69. The molecule has 2 aromatic carbocycles. The van der Waals surface area contributed by atoms with Crippen molar-refractivity contribution in [3.05, 3.63) is 52.3 Å². The monoisotopic (exact) mass is 356 g/mol. The Labute approximate surface area is 136 Å². The van der Waals surface area contributed by atoms with E-state index in [0.717, 1.165) is 0 Å². The van der Waals surface area contributed by atoms with Gasteiger partial charge < -0.3 is 4.42 Å². The highest BCUT2D eigenvalue weighted by molar-refractivity contribution is 7.92. The summed E-state index contributed by atoms with van der Waals surface area (Å²) < 4.78 is 32.6. The molecule has 0 aliphatic heterocycles. The number of benzene rings is 2. The molecule has 0 saturated heterocycles. The molecule has 0 saturated carbocycles. The highest BCUT2D eigenvalue weighted by atomic mass is 35.5. The van der Waals surface area contributed by atoms with Gasteiger partial charge >= 0.3 is 0 Å². The largest absolute Gasteiger partial charge is 0.441 e. The molecule has 0 radical (unpaired) electrons. The van der Waals surface area contributed by atoms with Crippen molar-refractivity contribution < 1.29 is 12.8 Å². The lowest BCUT2D eigenvalue weighted by atomic mass is 10.3. The van der Waals surface area contributed by atoms with Gasteiger partial charge in [-0.3, -0.25) is 4.72 Å². The molecule has 1 aromatic heterocycles. The Hall–Kier alpha value is -1.76. The number of hydrogen-bond donors (Lipinski definition) is 1. The highest BCUT2D eigenvalue weighted by Crippen LogP contribution is 2.25. The van der Waals surface area contributed by atoms with E-state index in [-0.39, 0.29) is 14.9 Å². The van der Waals surface area contributed by atoms with E-state index in [2.05, 4.69) is 9.71 Å². The Morgan fingerprint density at radius 3 is 2.45 bits per heavy atom. The van der Waals surface area contributed by atoms with Crippen molar-refractivity contribution in [3.63, 3.8) is 0 Å². The summed E-state index contributed by atoms with van der Waals surface area (Å²) >= 11 is 11.7. The molecule has 0 spiro atoms. The zero-order valence-corrected chi connectivity index (χ0v) is 13.6. The molecule has 8 heteroatoms. The average molecular weight is 357 g/mol. The molecule has 3 aromatic rings. The number of sulfonamides is 1. The highest BCUT2D eigenvalue weighted by Gasteiger charge is 2.16. The van der Waals surface area contributed by atoms with Crippen molar-refractivity contribution in [2.45, 2.75) is 11.8 Å². The van der Waals surface area contributed by atoms with Gasteiger partial charge in [-0.05, 0) is 30.3 Å². The van der Waals surface area contributed by atoms with Crippen molar-refractivity contribution in [1.82, 2.24) is 4.98 Å². The summed E-state index contributed by atoms with van der Waals surface area (Å²) in [4.78, 5) is 4.14. The molecule has 5 nitrogen and oxygen atoms in total. The van der Waals surface area contributed by atoms with E-state index in [0.29, 0.717) is 22.7 Å². The number of fused-ring (bicyclic) bond motifs is 1. The van der Waals surface area contributed by atoms with Crippen molar-refractivity contribution in [1.29, 1.82) is 0 Å². The van der Waals surface area contributed by atoms with E-state index in [9.17, 15) is 8.42 Å². The minimum atomic E-state index is -3.80. The number of aromatic nitrogens is 1. The Balaban J connectivity index is 1.98. The van der Waals surface area contributed by atoms with Crippen LogP contribution in [0, 0.1) is 6.92 Å². The minimum absolute atomic E-state index is 0.0150. The van der Waals surface area contributed by atoms with Gasteiger partial charge in [-0.15, -0.1) is 0 Å². The summed E-state index contributed by atoms with van der Waals surface area (Å²) in [5.41, 5.74) is 1.52. The van der Waals surface area contributed by atoms with E-state index in [1.165, 1.54) is 18.2 Å². The van der Waals surface area contributed by atoms with E-state index in [1.807, 2.05) is 0 Å². The van der Waals surface area contributed by atoms with Gasteiger partial charge in [-0.2, -0.15) is 0 Å². The standard InChI is InChI=1S/C14H10Cl2N2O3S/c1-8-17-13-3-2-11(7-14(13)21-8)18-22(19,20)12-5-9(15)4-10(16)6-12/h2-7,18H,1H3. The Bertz CT molecular complexity index is 947. The summed E-state index contributed by atoms with van der Waals surface area (Å²) in [6.45, 7) is 1.72. The third kappa shape index (κ3) is 3.04. The number of anilines is 1. The van der Waals surface area contributed by atoms with Crippen LogP contribution < -0.4 is 4.72 Å². The van der Waals surface area contributed by atoms with Crippen molar-refractivity contribution in [2.75, 3.05) is 4.72 Å². The number of nitrogens with one attached hydrogen (secondary N) is 1. The van der Waals surface area contributed by atoms with Crippen LogP contribution in [0.2, 0.25) is 10.0 Å². The second kappa shape index (κ2) is 5.46. The quantitative estimate of drug-likeness (QED) is 0.761. The number of hydrogen-bond acceptors (Lipinski definition) is 4. The number of aryl methyl sites for hydroxylation is 1. The Morgan fingerprint density at radius 1 is 1.09 bits per heavy atom. The van der Waals surface area contributed by atoms with E-state index < -0.39 is 10.0 Å². The van der Waals surface area contributed by atoms with Crippen LogP contribution in [-0.2, 0) is 10.0 Å². The molecule has 3 rings (SSSR count). The van der Waals surface area contributed by atoms with Gasteiger partial charge in [0.05, 0.1) is 10.6 Å². The predicted molar refractivity (Wildman–Crippen MR) is 86.0 cm³/mol. The lowest BCUT2D eigenvalue weighted by Gasteiger charge is -2.08. The molecule has 0 amide bonds. The van der Waals surface area contributed by atoms with Gasteiger partial charge in [-0.25, -0.2) is 13.4 Å². The third-order valence-electron chi connectivity index (χ3n) is 2.89. The van der Waals surface area contributed by atoms with Crippen molar-refractivity contribution in [3.8, 4) is 0 Å². The number of nitrogens with zero attached hydrogens (tertiary/aromatic N) is 1. The van der Waals surface area contributed by atoms with Gasteiger partial charge in [0.1, 0.15) is 5.52 Å². The fourth-order valence-electron chi connectivity index (χ4n) is 2.00. The maximum absolute atomic E-state index is 12.4. The van der Waals surface area contributed by atoms with Crippen LogP contribution in [0.3, 0.4) is 0 Å². The molecule has 114 valence electrons. The Morgan fingerprint density at radius 2 is 1.77 bits per heavy atom. The summed E-state index contributed by atoms with van der Waals surface area (Å²) in [5, 5.41) is 0.489. The molecule has 1 N–H and O–H groups in total. The maximum atomic E-state index is 12.4. The zero-order valence-electron chi connectivity index (χ0n) is 11.3. The van der Waals surface area contributed by atoms with E-state index in [1.54, 1.807) is 25.1 Å². The molecule has 0 aliphatic carbocycles. The zero-order chi connectivity index (χ0) is 15.9. The van der Waals surface area contributed by atoms with Gasteiger partial charge in [0, 0.05) is 23.0 Å². The van der Waals surface area contributed by atoms with Gasteiger partial charge in [0.2, 0.25) is 0 Å². The summed E-state index contributed by atoms with van der Waals surface area (Å²) in [7, 11) is -3.80. The first kappa shape index (κ1) is 15.1. The van der Waals surface area contributed by atoms with Crippen molar-refractivity contribution >= 4 is 50.0 Å². The average Bonchev–Trinajstić information content (AvgIpc) is 2.76. The van der Waals surface area contributed by atoms with Crippen LogP contribution in [0.4, 0.5) is 5.69 Å². The van der Waals surface area contributed by atoms with Crippen molar-refractivity contribution in [2.24, 2.45) is 0 Å². The molecular formula is C14H10Cl2N2O3S. The van der Waals surface area contributed by atoms with Crippen LogP contribution in [0.25, 0.3) is 11.1 Å². The normalized spacial score (nSPS) is 11.8. The number of oxazole rings is 1. The maximum Gasteiger partial charge on any atom is 0.261 e. The van der Waals surface area contributed by atoms with Crippen LogP contribution in [0.1, 0.15) is 5.89 Å². The molecule has 0 fully saturated rings. The molecule has 22 heavy (non-hydrogen) atoms. The fourth-order valence-corrected chi connectivity index (χ4v) is 3.78. The smallest absolute Gasteiger partial charge is 0.261 e. The van der Waals surface area contributed by atoms with E-state index in [4.69, 9.17) is 27.6 Å². The number of halogens is 2. The van der Waals surface area contributed by atoms with Gasteiger partial charge in [0.15, 0.2) is 11.5 Å². The summed E-state index contributed by atoms with van der Waals surface area (Å²) in [5.74, 6) is 0.511. The van der Waals surface area contributed by atoms with Gasteiger partial charge in [-0.1, -0.05) is 23.2 Å². The van der Waals surface area contributed by atoms with Crippen LogP contribution in [0.5, 0.6) is 0 Å². The second-order valence-electron chi connectivity index (χ2n) is 4.63. The molecule has 0 atom stereocenters. The summed E-state index contributed by atoms with van der Waals surface area (Å²) in [6, 6.07) is 8.97. The second-order valence-corrected chi connectivity index (χ2v) is 7.18.